The molecular formula is C12H12N2O3. The molecule has 0 radical (unpaired) electrons. The van der Waals surface area contributed by atoms with Gasteiger partial charge in [0, 0.05) is 22.2 Å². The van der Waals surface area contributed by atoms with Crippen LogP contribution in [0.3, 0.4) is 0 Å². The van der Waals surface area contributed by atoms with E-state index in [1.165, 1.54) is 0 Å². The van der Waals surface area contributed by atoms with Crippen LogP contribution in [0.5, 0.6) is 0 Å². The van der Waals surface area contributed by atoms with Gasteiger partial charge in [-0.15, -0.1) is 0 Å². The van der Waals surface area contributed by atoms with Crippen molar-refractivity contribution in [1.82, 2.24) is 4.98 Å². The Bertz CT molecular complexity index is 601. The predicted octanol–water partition coefficient (Wildman–Crippen LogP) is 1.07. The number of hydrogen-bond donors (Lipinski definition) is 3. The van der Waals surface area contributed by atoms with Crippen molar-refractivity contribution >= 4 is 22.7 Å². The zero-order chi connectivity index (χ0) is 12.6. The standard InChI is InChI=1S/C12H12N2O3/c1-6-9(11(15)10(13)12(16)17)7-4-2-3-5-8(7)14-6/h2-5,10,14H,13H2,1H3,(H,16,17). The third-order valence-electron chi connectivity index (χ3n) is 2.69. The van der Waals surface area contributed by atoms with Crippen molar-refractivity contribution < 1.29 is 14.7 Å². The Morgan fingerprint density at radius 3 is 2.65 bits per heavy atom. The molecule has 2 aromatic rings. The number of nitrogens with one attached hydrogen (secondary N) is 1. The van der Waals surface area contributed by atoms with Crippen molar-refractivity contribution in [2.75, 3.05) is 0 Å². The minimum absolute atomic E-state index is 0.357. The zero-order valence-corrected chi connectivity index (χ0v) is 9.23. The number of hydrogen-bond acceptors (Lipinski definition) is 3. The van der Waals surface area contributed by atoms with E-state index in [9.17, 15) is 9.59 Å². The quantitative estimate of drug-likeness (QED) is 0.544. The van der Waals surface area contributed by atoms with E-state index in [0.717, 1.165) is 5.52 Å². The van der Waals surface area contributed by atoms with Crippen molar-refractivity contribution in [3.8, 4) is 0 Å². The summed E-state index contributed by atoms with van der Waals surface area (Å²) in [5.74, 6) is -1.90. The molecule has 4 N–H and O–H groups in total. The van der Waals surface area contributed by atoms with Crippen molar-refractivity contribution in [2.24, 2.45) is 5.73 Å². The molecule has 1 atom stereocenters. The highest BCUT2D eigenvalue weighted by molar-refractivity contribution is 6.18. The fraction of sp³-hybridized carbons (Fsp3) is 0.167. The number of carboxylic acid groups (broad SMARTS) is 1. The summed E-state index contributed by atoms with van der Waals surface area (Å²) < 4.78 is 0. The van der Waals surface area contributed by atoms with Gasteiger partial charge in [0.25, 0.3) is 0 Å². The van der Waals surface area contributed by atoms with Gasteiger partial charge in [-0.2, -0.15) is 0 Å². The van der Waals surface area contributed by atoms with E-state index in [2.05, 4.69) is 4.98 Å². The summed E-state index contributed by atoms with van der Waals surface area (Å²) in [5.41, 5.74) is 7.13. The maximum absolute atomic E-state index is 12.0. The van der Waals surface area contributed by atoms with E-state index in [0.29, 0.717) is 16.6 Å². The van der Waals surface area contributed by atoms with Gasteiger partial charge in [-0.05, 0) is 13.0 Å². The highest BCUT2D eigenvalue weighted by atomic mass is 16.4. The Morgan fingerprint density at radius 1 is 1.35 bits per heavy atom. The molecule has 0 saturated heterocycles. The molecule has 0 fully saturated rings. The minimum Gasteiger partial charge on any atom is -0.480 e. The molecule has 17 heavy (non-hydrogen) atoms. The lowest BCUT2D eigenvalue weighted by atomic mass is 10.0. The van der Waals surface area contributed by atoms with Crippen LogP contribution in [0.1, 0.15) is 16.1 Å². The van der Waals surface area contributed by atoms with Gasteiger partial charge in [0.1, 0.15) is 0 Å². The molecule has 0 saturated carbocycles. The molecule has 0 spiro atoms. The predicted molar refractivity (Wildman–Crippen MR) is 63.0 cm³/mol. The first-order chi connectivity index (χ1) is 8.02. The smallest absolute Gasteiger partial charge is 0.328 e. The van der Waals surface area contributed by atoms with Crippen LogP contribution >= 0.6 is 0 Å². The number of benzene rings is 1. The number of aryl methyl sites for hydroxylation is 1. The molecule has 0 bridgehead atoms. The summed E-state index contributed by atoms with van der Waals surface area (Å²) in [4.78, 5) is 25.7. The SMILES string of the molecule is Cc1[nH]c2ccccc2c1C(=O)C(N)C(=O)O. The number of Topliss-reactive ketones (excluding diaryl/α,β-unsaturated/α-hetero) is 1. The van der Waals surface area contributed by atoms with E-state index < -0.39 is 17.8 Å². The molecule has 0 aliphatic heterocycles. The Kier molecular flexibility index (Phi) is 2.69. The molecule has 1 aromatic carbocycles. The van der Waals surface area contributed by atoms with E-state index in [1.807, 2.05) is 12.1 Å². The topological polar surface area (TPSA) is 96.2 Å². The van der Waals surface area contributed by atoms with Crippen LogP contribution in [0.25, 0.3) is 10.9 Å². The molecule has 0 amide bonds. The average Bonchev–Trinajstić information content (AvgIpc) is 2.62. The molecule has 2 rings (SSSR count). The number of carbonyl (C=O) groups excluding carboxylic acids is 1. The number of aromatic amines is 1. The third kappa shape index (κ3) is 1.81. The average molecular weight is 232 g/mol. The van der Waals surface area contributed by atoms with Gasteiger partial charge in [0.15, 0.2) is 11.8 Å². The summed E-state index contributed by atoms with van der Waals surface area (Å²) in [6.45, 7) is 1.72. The molecule has 1 unspecified atom stereocenters. The fourth-order valence-electron chi connectivity index (χ4n) is 1.86. The van der Waals surface area contributed by atoms with Crippen LogP contribution < -0.4 is 5.73 Å². The van der Waals surface area contributed by atoms with Crippen LogP contribution in [-0.2, 0) is 4.79 Å². The summed E-state index contributed by atoms with van der Waals surface area (Å²) in [5, 5.41) is 9.46. The number of carboxylic acids is 1. The molecule has 5 heteroatoms. The monoisotopic (exact) mass is 232 g/mol. The van der Waals surface area contributed by atoms with E-state index >= 15 is 0 Å². The first-order valence-corrected chi connectivity index (χ1v) is 5.12. The highest BCUT2D eigenvalue weighted by Crippen LogP contribution is 2.22. The summed E-state index contributed by atoms with van der Waals surface area (Å²) in [6, 6.07) is 5.70. The number of rotatable bonds is 3. The van der Waals surface area contributed by atoms with E-state index in [1.54, 1.807) is 19.1 Å². The lowest BCUT2D eigenvalue weighted by Crippen LogP contribution is -2.38. The van der Waals surface area contributed by atoms with Gasteiger partial charge >= 0.3 is 5.97 Å². The number of carbonyl (C=O) groups is 2. The molecule has 88 valence electrons. The minimum atomic E-state index is -1.52. The lowest BCUT2D eigenvalue weighted by Gasteiger charge is -2.05. The summed E-state index contributed by atoms with van der Waals surface area (Å²) in [6.07, 6.45) is 0. The highest BCUT2D eigenvalue weighted by Gasteiger charge is 2.26. The van der Waals surface area contributed by atoms with Gasteiger partial charge in [0.2, 0.25) is 0 Å². The Hall–Kier alpha value is -2.14. The second-order valence-corrected chi connectivity index (χ2v) is 3.85. The summed E-state index contributed by atoms with van der Waals surface area (Å²) >= 11 is 0. The fourth-order valence-corrected chi connectivity index (χ4v) is 1.86. The first-order valence-electron chi connectivity index (χ1n) is 5.12. The Balaban J connectivity index is 2.59. The number of H-pyrrole nitrogens is 1. The largest absolute Gasteiger partial charge is 0.480 e. The first kappa shape index (κ1) is 11.3. The van der Waals surface area contributed by atoms with Crippen molar-refractivity contribution in [3.05, 3.63) is 35.5 Å². The van der Waals surface area contributed by atoms with E-state index in [-0.39, 0.29) is 0 Å². The van der Waals surface area contributed by atoms with Gasteiger partial charge in [-0.1, -0.05) is 18.2 Å². The van der Waals surface area contributed by atoms with Crippen LogP contribution in [-0.4, -0.2) is 27.9 Å². The van der Waals surface area contributed by atoms with Crippen molar-refractivity contribution in [1.29, 1.82) is 0 Å². The van der Waals surface area contributed by atoms with Crippen LogP contribution in [0.15, 0.2) is 24.3 Å². The van der Waals surface area contributed by atoms with E-state index in [4.69, 9.17) is 10.8 Å². The number of ketones is 1. The maximum atomic E-state index is 12.0. The molecule has 1 heterocycles. The number of nitrogens with two attached hydrogens (primary N) is 1. The normalized spacial score (nSPS) is 12.6. The molecule has 1 aromatic heterocycles. The number of para-hydroxylation sites is 1. The number of aliphatic carboxylic acids is 1. The zero-order valence-electron chi connectivity index (χ0n) is 9.23. The summed E-state index contributed by atoms with van der Waals surface area (Å²) in [7, 11) is 0. The van der Waals surface area contributed by atoms with Crippen LogP contribution in [0.4, 0.5) is 0 Å². The Morgan fingerprint density at radius 2 is 2.00 bits per heavy atom. The van der Waals surface area contributed by atoms with Crippen LogP contribution in [0.2, 0.25) is 0 Å². The number of aromatic nitrogens is 1. The van der Waals surface area contributed by atoms with Gasteiger partial charge in [0.05, 0.1) is 0 Å². The second-order valence-electron chi connectivity index (χ2n) is 3.85. The number of fused-ring (bicyclic) bond motifs is 1. The van der Waals surface area contributed by atoms with Gasteiger partial charge in [-0.3, -0.25) is 9.59 Å². The van der Waals surface area contributed by atoms with Gasteiger partial charge in [-0.25, -0.2) is 0 Å². The molecule has 5 nitrogen and oxygen atoms in total. The van der Waals surface area contributed by atoms with Crippen molar-refractivity contribution in [2.45, 2.75) is 13.0 Å². The second kappa shape index (κ2) is 4.03. The lowest BCUT2D eigenvalue weighted by molar-refractivity contribution is -0.137. The Labute approximate surface area is 97.2 Å². The van der Waals surface area contributed by atoms with Crippen molar-refractivity contribution in [3.63, 3.8) is 0 Å². The third-order valence-corrected chi connectivity index (χ3v) is 2.69. The maximum Gasteiger partial charge on any atom is 0.328 e. The molecule has 0 aliphatic rings. The molecular weight excluding hydrogens is 220 g/mol. The molecule has 0 aliphatic carbocycles. The van der Waals surface area contributed by atoms with Gasteiger partial charge < -0.3 is 15.8 Å². The van der Waals surface area contributed by atoms with Crippen LogP contribution in [0, 0.1) is 6.92 Å².